The standard InChI is InChI=1S/C33H63N3/c1-24(2)9-6-10-25(3)29-13-14-30-28-12-11-26-23-27(36-22-8-21-35-20-7-19-34)15-17-32(26,4)31(28)16-18-33(29,30)5/h24-31,35-36H,6-23,34H2,1-5H3/t25-,26+,27+,28?,29?,30?,31?,32+,33-/m1/s1. The van der Waals surface area contributed by atoms with Crippen LogP contribution in [0.3, 0.4) is 0 Å². The molecule has 3 heteroatoms. The van der Waals surface area contributed by atoms with Crippen LogP contribution in [-0.4, -0.2) is 32.2 Å². The predicted octanol–water partition coefficient (Wildman–Crippen LogP) is 7.39. The van der Waals surface area contributed by atoms with Crippen molar-refractivity contribution in [2.45, 2.75) is 131 Å². The Morgan fingerprint density at radius 1 is 0.778 bits per heavy atom. The smallest absolute Gasteiger partial charge is 0.00701 e. The molecule has 4 N–H and O–H groups in total. The van der Waals surface area contributed by atoms with E-state index >= 15 is 0 Å². The zero-order valence-electron chi connectivity index (χ0n) is 24.9. The van der Waals surface area contributed by atoms with Crippen LogP contribution in [-0.2, 0) is 0 Å². The largest absolute Gasteiger partial charge is 0.330 e. The van der Waals surface area contributed by atoms with Crippen LogP contribution in [0.25, 0.3) is 0 Å². The Labute approximate surface area is 225 Å². The predicted molar refractivity (Wildman–Crippen MR) is 156 cm³/mol. The SMILES string of the molecule is CC(C)CCC[C@@H](C)C1CCC2C3CC[C@H]4C[C@@H](NCCCNCCCN)CC[C@]4(C)C3CC[C@@]21C. The molecule has 36 heavy (non-hydrogen) atoms. The molecular formula is C33H63N3. The molecule has 4 rings (SSSR count). The second kappa shape index (κ2) is 12.8. The molecule has 0 radical (unpaired) electrons. The molecule has 0 heterocycles. The third-order valence-electron chi connectivity index (χ3n) is 12.4. The molecule has 0 aromatic heterocycles. The van der Waals surface area contributed by atoms with Crippen LogP contribution in [0.2, 0.25) is 0 Å². The molecule has 0 aromatic carbocycles. The van der Waals surface area contributed by atoms with Gasteiger partial charge in [0.2, 0.25) is 0 Å². The van der Waals surface area contributed by atoms with Gasteiger partial charge in [0.15, 0.2) is 0 Å². The highest BCUT2D eigenvalue weighted by atomic mass is 14.9. The first kappa shape index (κ1) is 28.9. The molecule has 4 aliphatic rings. The molecule has 0 spiro atoms. The molecule has 9 atom stereocenters. The van der Waals surface area contributed by atoms with Gasteiger partial charge in [0.1, 0.15) is 0 Å². The third kappa shape index (κ3) is 6.20. The van der Waals surface area contributed by atoms with Crippen molar-refractivity contribution in [1.82, 2.24) is 10.6 Å². The lowest BCUT2D eigenvalue weighted by molar-refractivity contribution is -0.118. The fraction of sp³-hybridized carbons (Fsp3) is 1.00. The number of nitrogens with one attached hydrogen (secondary N) is 2. The van der Waals surface area contributed by atoms with Crippen molar-refractivity contribution in [3.05, 3.63) is 0 Å². The summed E-state index contributed by atoms with van der Waals surface area (Å²) >= 11 is 0. The molecular weight excluding hydrogens is 438 g/mol. The molecule has 4 saturated carbocycles. The van der Waals surface area contributed by atoms with Gasteiger partial charge in [-0.1, -0.05) is 53.9 Å². The topological polar surface area (TPSA) is 50.1 Å². The summed E-state index contributed by atoms with van der Waals surface area (Å²) < 4.78 is 0. The molecule has 0 saturated heterocycles. The van der Waals surface area contributed by atoms with E-state index in [2.05, 4.69) is 45.3 Å². The lowest BCUT2D eigenvalue weighted by atomic mass is 9.44. The van der Waals surface area contributed by atoms with Gasteiger partial charge in [0.25, 0.3) is 0 Å². The zero-order valence-corrected chi connectivity index (χ0v) is 24.9. The number of hydrogen-bond donors (Lipinski definition) is 3. The van der Waals surface area contributed by atoms with Gasteiger partial charge in [-0.15, -0.1) is 0 Å². The van der Waals surface area contributed by atoms with Gasteiger partial charge in [-0.3, -0.25) is 0 Å². The van der Waals surface area contributed by atoms with Crippen molar-refractivity contribution in [1.29, 1.82) is 0 Å². The third-order valence-corrected chi connectivity index (χ3v) is 12.4. The summed E-state index contributed by atoms with van der Waals surface area (Å²) in [5.41, 5.74) is 6.85. The Kier molecular flexibility index (Phi) is 10.3. The van der Waals surface area contributed by atoms with Gasteiger partial charge < -0.3 is 16.4 Å². The van der Waals surface area contributed by atoms with Crippen molar-refractivity contribution in [3.8, 4) is 0 Å². The molecule has 4 unspecified atom stereocenters. The quantitative estimate of drug-likeness (QED) is 0.231. The van der Waals surface area contributed by atoms with E-state index in [0.717, 1.165) is 73.5 Å². The summed E-state index contributed by atoms with van der Waals surface area (Å²) in [5.74, 6) is 6.81. The summed E-state index contributed by atoms with van der Waals surface area (Å²) in [6.45, 7) is 17.1. The average molecular weight is 502 g/mol. The summed E-state index contributed by atoms with van der Waals surface area (Å²) in [6, 6.07) is 0.764. The summed E-state index contributed by atoms with van der Waals surface area (Å²) in [5, 5.41) is 7.49. The Morgan fingerprint density at radius 3 is 2.31 bits per heavy atom. The minimum atomic E-state index is 0.618. The van der Waals surface area contributed by atoms with Crippen molar-refractivity contribution in [2.24, 2.45) is 58.0 Å². The van der Waals surface area contributed by atoms with Crippen LogP contribution < -0.4 is 16.4 Å². The summed E-state index contributed by atoms with van der Waals surface area (Å²) in [6.07, 6.45) is 20.2. The minimum Gasteiger partial charge on any atom is -0.330 e. The van der Waals surface area contributed by atoms with Gasteiger partial charge >= 0.3 is 0 Å². The van der Waals surface area contributed by atoms with Crippen LogP contribution in [0.4, 0.5) is 0 Å². The molecule has 4 aliphatic carbocycles. The highest BCUT2D eigenvalue weighted by molar-refractivity contribution is 5.10. The maximum absolute atomic E-state index is 5.59. The summed E-state index contributed by atoms with van der Waals surface area (Å²) in [4.78, 5) is 0. The Balaban J connectivity index is 1.28. The lowest BCUT2D eigenvalue weighted by Gasteiger charge is -2.61. The van der Waals surface area contributed by atoms with Gasteiger partial charge in [-0.25, -0.2) is 0 Å². The molecule has 0 bridgehead atoms. The molecule has 4 fully saturated rings. The molecule has 3 nitrogen and oxygen atoms in total. The molecule has 210 valence electrons. The number of rotatable bonds is 13. The normalized spacial score (nSPS) is 41.1. The van der Waals surface area contributed by atoms with Gasteiger partial charge in [-0.2, -0.15) is 0 Å². The van der Waals surface area contributed by atoms with E-state index in [-0.39, 0.29) is 0 Å². The van der Waals surface area contributed by atoms with Crippen molar-refractivity contribution < 1.29 is 0 Å². The van der Waals surface area contributed by atoms with Crippen LogP contribution in [0.1, 0.15) is 125 Å². The zero-order chi connectivity index (χ0) is 25.8. The van der Waals surface area contributed by atoms with Crippen molar-refractivity contribution >= 4 is 0 Å². The highest BCUT2D eigenvalue weighted by Crippen LogP contribution is 2.68. The van der Waals surface area contributed by atoms with Gasteiger partial charge in [0.05, 0.1) is 0 Å². The monoisotopic (exact) mass is 502 g/mol. The van der Waals surface area contributed by atoms with Crippen LogP contribution in [0.5, 0.6) is 0 Å². The highest BCUT2D eigenvalue weighted by Gasteiger charge is 2.60. The minimum absolute atomic E-state index is 0.618. The first-order chi connectivity index (χ1) is 17.3. The van der Waals surface area contributed by atoms with E-state index in [4.69, 9.17) is 5.73 Å². The maximum Gasteiger partial charge on any atom is 0.00701 e. The fourth-order valence-electron chi connectivity index (χ4n) is 10.3. The van der Waals surface area contributed by atoms with Gasteiger partial charge in [-0.05, 0) is 149 Å². The Hall–Kier alpha value is -0.120. The van der Waals surface area contributed by atoms with Gasteiger partial charge in [0, 0.05) is 6.04 Å². The van der Waals surface area contributed by atoms with E-state index in [1.165, 1.54) is 83.6 Å². The first-order valence-electron chi connectivity index (χ1n) is 16.4. The van der Waals surface area contributed by atoms with Crippen LogP contribution in [0, 0.1) is 52.3 Å². The summed E-state index contributed by atoms with van der Waals surface area (Å²) in [7, 11) is 0. The van der Waals surface area contributed by atoms with E-state index in [0.29, 0.717) is 10.8 Å². The molecule has 0 aliphatic heterocycles. The van der Waals surface area contributed by atoms with E-state index in [1.807, 2.05) is 0 Å². The van der Waals surface area contributed by atoms with Crippen LogP contribution in [0.15, 0.2) is 0 Å². The van der Waals surface area contributed by atoms with Crippen LogP contribution >= 0.6 is 0 Å². The van der Waals surface area contributed by atoms with E-state index < -0.39 is 0 Å². The number of fused-ring (bicyclic) bond motifs is 5. The second-order valence-corrected chi connectivity index (χ2v) is 14.9. The number of hydrogen-bond acceptors (Lipinski definition) is 3. The number of nitrogens with two attached hydrogens (primary N) is 1. The second-order valence-electron chi connectivity index (χ2n) is 14.9. The molecule has 0 amide bonds. The molecule has 0 aromatic rings. The van der Waals surface area contributed by atoms with E-state index in [9.17, 15) is 0 Å². The Morgan fingerprint density at radius 2 is 1.53 bits per heavy atom. The van der Waals surface area contributed by atoms with Crippen molar-refractivity contribution in [3.63, 3.8) is 0 Å². The fourth-order valence-corrected chi connectivity index (χ4v) is 10.3. The Bertz CT molecular complexity index is 663. The lowest BCUT2D eigenvalue weighted by Crippen LogP contribution is -2.55. The van der Waals surface area contributed by atoms with Crippen molar-refractivity contribution in [2.75, 3.05) is 26.2 Å². The van der Waals surface area contributed by atoms with E-state index in [1.54, 1.807) is 6.42 Å². The first-order valence-corrected chi connectivity index (χ1v) is 16.4. The average Bonchev–Trinajstić information content (AvgIpc) is 3.20. The maximum atomic E-state index is 5.59.